The number of hydrogen-bond acceptors (Lipinski definition) is 3. The summed E-state index contributed by atoms with van der Waals surface area (Å²) in [5.74, 6) is -0.617. The topological polar surface area (TPSA) is 43.4 Å². The van der Waals surface area contributed by atoms with Gasteiger partial charge in [-0.05, 0) is 71.1 Å². The van der Waals surface area contributed by atoms with Crippen LogP contribution in [0.1, 0.15) is 52.6 Å². The predicted octanol–water partition coefficient (Wildman–Crippen LogP) is 6.24. The Kier molecular flexibility index (Phi) is 6.26. The molecule has 0 saturated heterocycles. The predicted molar refractivity (Wildman–Crippen MR) is 116 cm³/mol. The number of rotatable bonds is 5. The van der Waals surface area contributed by atoms with Crippen LogP contribution in [-0.4, -0.2) is 11.8 Å². The Morgan fingerprint density at radius 2 is 1.37 bits per heavy atom. The summed E-state index contributed by atoms with van der Waals surface area (Å²) >= 11 is 0. The molecule has 0 N–H and O–H groups in total. The van der Waals surface area contributed by atoms with Crippen LogP contribution in [0.5, 0.6) is 5.75 Å². The molecule has 0 unspecified atom stereocenters. The van der Waals surface area contributed by atoms with E-state index in [4.69, 9.17) is 4.74 Å². The number of carbonyl (C=O) groups excluding carboxylic acids is 2. The maximum atomic E-state index is 12.9. The molecule has 3 rings (SSSR count). The van der Waals surface area contributed by atoms with Gasteiger partial charge in [-0.3, -0.25) is 4.79 Å². The van der Waals surface area contributed by atoms with Crippen molar-refractivity contribution in [2.24, 2.45) is 0 Å². The van der Waals surface area contributed by atoms with Gasteiger partial charge in [0.25, 0.3) is 0 Å². The Balaban J connectivity index is 1.63. The summed E-state index contributed by atoms with van der Waals surface area (Å²) in [6, 6.07) is 19.6. The van der Waals surface area contributed by atoms with Crippen LogP contribution in [0, 0.1) is 5.82 Å². The number of allylic oxidation sites excluding steroid dienone is 1. The molecule has 0 aliphatic heterocycles. The SMILES string of the molecule is CC(C)(C)c1ccc(C(=O)Oc2ccc(C(=O)/C=C/c3ccc(F)cc3)cc2)cc1. The van der Waals surface area contributed by atoms with Crippen molar-refractivity contribution in [1.29, 1.82) is 0 Å². The highest BCUT2D eigenvalue weighted by molar-refractivity contribution is 6.06. The summed E-state index contributed by atoms with van der Waals surface area (Å²) in [5.41, 5.74) is 2.80. The Labute approximate surface area is 175 Å². The fraction of sp³-hybridized carbons (Fsp3) is 0.154. The zero-order valence-corrected chi connectivity index (χ0v) is 17.2. The number of ketones is 1. The first-order valence-electron chi connectivity index (χ1n) is 9.63. The van der Waals surface area contributed by atoms with Crippen molar-refractivity contribution in [3.8, 4) is 5.75 Å². The molecule has 3 nitrogen and oxygen atoms in total. The van der Waals surface area contributed by atoms with Crippen molar-refractivity contribution < 1.29 is 18.7 Å². The van der Waals surface area contributed by atoms with Crippen molar-refractivity contribution in [3.63, 3.8) is 0 Å². The van der Waals surface area contributed by atoms with Crippen LogP contribution in [0.2, 0.25) is 0 Å². The van der Waals surface area contributed by atoms with Crippen molar-refractivity contribution >= 4 is 17.8 Å². The van der Waals surface area contributed by atoms with Gasteiger partial charge in [0.05, 0.1) is 5.56 Å². The van der Waals surface area contributed by atoms with E-state index in [1.807, 2.05) is 12.1 Å². The minimum absolute atomic E-state index is 0.00987. The number of hydrogen-bond donors (Lipinski definition) is 0. The second-order valence-corrected chi connectivity index (χ2v) is 7.99. The molecule has 3 aromatic rings. The van der Waals surface area contributed by atoms with Crippen LogP contribution in [0.25, 0.3) is 6.08 Å². The molecule has 0 fully saturated rings. The molecule has 0 heterocycles. The van der Waals surface area contributed by atoms with Gasteiger partial charge in [0.1, 0.15) is 11.6 Å². The molecule has 30 heavy (non-hydrogen) atoms. The lowest BCUT2D eigenvalue weighted by atomic mass is 9.87. The van der Waals surface area contributed by atoms with E-state index in [0.29, 0.717) is 16.9 Å². The zero-order valence-electron chi connectivity index (χ0n) is 17.2. The number of esters is 1. The summed E-state index contributed by atoms with van der Waals surface area (Å²) in [4.78, 5) is 24.6. The maximum absolute atomic E-state index is 12.9. The molecule has 0 amide bonds. The van der Waals surface area contributed by atoms with Gasteiger partial charge >= 0.3 is 5.97 Å². The number of carbonyl (C=O) groups is 2. The summed E-state index contributed by atoms with van der Waals surface area (Å²) in [6.07, 6.45) is 3.04. The maximum Gasteiger partial charge on any atom is 0.343 e. The minimum atomic E-state index is -0.453. The van der Waals surface area contributed by atoms with Crippen molar-refractivity contribution in [2.45, 2.75) is 26.2 Å². The average Bonchev–Trinajstić information content (AvgIpc) is 2.73. The van der Waals surface area contributed by atoms with Gasteiger partial charge in [0, 0.05) is 5.56 Å². The Bertz CT molecular complexity index is 1060. The second-order valence-electron chi connectivity index (χ2n) is 7.99. The number of benzene rings is 3. The summed E-state index contributed by atoms with van der Waals surface area (Å²) in [7, 11) is 0. The van der Waals surface area contributed by atoms with E-state index < -0.39 is 5.97 Å². The average molecular weight is 402 g/mol. The van der Waals surface area contributed by atoms with Crippen molar-refractivity contribution in [3.05, 3.63) is 107 Å². The van der Waals surface area contributed by atoms with Crippen LogP contribution in [-0.2, 0) is 5.41 Å². The van der Waals surface area contributed by atoms with E-state index in [0.717, 1.165) is 11.1 Å². The van der Waals surface area contributed by atoms with E-state index in [-0.39, 0.29) is 17.0 Å². The standard InChI is InChI=1S/C26H23FO3/c1-26(2,3)21-11-7-20(8-12-21)25(29)30-23-15-9-19(10-16-23)24(28)17-6-18-4-13-22(27)14-5-18/h4-17H,1-3H3/b17-6+. The van der Waals surface area contributed by atoms with E-state index >= 15 is 0 Å². The first kappa shape index (κ1) is 21.2. The van der Waals surface area contributed by atoms with Crippen LogP contribution < -0.4 is 4.74 Å². The molecule has 0 bridgehead atoms. The Morgan fingerprint density at radius 3 is 1.93 bits per heavy atom. The quantitative estimate of drug-likeness (QED) is 0.220. The van der Waals surface area contributed by atoms with Gasteiger partial charge in [0.2, 0.25) is 0 Å². The lowest BCUT2D eigenvalue weighted by Crippen LogP contribution is -2.13. The highest BCUT2D eigenvalue weighted by atomic mass is 19.1. The third kappa shape index (κ3) is 5.51. The van der Waals surface area contributed by atoms with Crippen molar-refractivity contribution in [2.75, 3.05) is 0 Å². The monoisotopic (exact) mass is 402 g/mol. The Hall–Kier alpha value is -3.53. The fourth-order valence-corrected chi connectivity index (χ4v) is 2.80. The number of ether oxygens (including phenoxy) is 1. The third-order valence-electron chi connectivity index (χ3n) is 4.63. The van der Waals surface area contributed by atoms with E-state index in [9.17, 15) is 14.0 Å². The first-order valence-corrected chi connectivity index (χ1v) is 9.63. The fourth-order valence-electron chi connectivity index (χ4n) is 2.80. The van der Waals surface area contributed by atoms with Gasteiger partial charge in [-0.1, -0.05) is 51.1 Å². The summed E-state index contributed by atoms with van der Waals surface area (Å²) < 4.78 is 18.3. The van der Waals surface area contributed by atoms with Crippen LogP contribution in [0.3, 0.4) is 0 Å². The van der Waals surface area contributed by atoms with Gasteiger partial charge < -0.3 is 4.74 Å². The molecule has 0 aliphatic rings. The van der Waals surface area contributed by atoms with Crippen LogP contribution in [0.4, 0.5) is 4.39 Å². The molecule has 152 valence electrons. The number of halogens is 1. The summed E-state index contributed by atoms with van der Waals surface area (Å²) in [6.45, 7) is 6.33. The molecular weight excluding hydrogens is 379 g/mol. The highest BCUT2D eigenvalue weighted by Gasteiger charge is 2.15. The molecule has 0 radical (unpaired) electrons. The lowest BCUT2D eigenvalue weighted by Gasteiger charge is -2.18. The first-order chi connectivity index (χ1) is 14.2. The highest BCUT2D eigenvalue weighted by Crippen LogP contribution is 2.23. The molecule has 3 aromatic carbocycles. The van der Waals surface area contributed by atoms with Crippen molar-refractivity contribution in [1.82, 2.24) is 0 Å². The normalized spacial score (nSPS) is 11.5. The van der Waals surface area contributed by atoms with Gasteiger partial charge in [-0.25, -0.2) is 9.18 Å². The summed E-state index contributed by atoms with van der Waals surface area (Å²) in [5, 5.41) is 0. The van der Waals surface area contributed by atoms with Crippen LogP contribution in [0.15, 0.2) is 78.9 Å². The van der Waals surface area contributed by atoms with E-state index in [2.05, 4.69) is 20.8 Å². The van der Waals surface area contributed by atoms with Gasteiger partial charge in [0.15, 0.2) is 5.78 Å². The molecule has 0 saturated carbocycles. The van der Waals surface area contributed by atoms with Gasteiger partial charge in [-0.15, -0.1) is 0 Å². The third-order valence-corrected chi connectivity index (χ3v) is 4.63. The Morgan fingerprint density at radius 1 is 0.800 bits per heavy atom. The smallest absolute Gasteiger partial charge is 0.343 e. The lowest BCUT2D eigenvalue weighted by molar-refractivity contribution is 0.0734. The van der Waals surface area contributed by atoms with Gasteiger partial charge in [-0.2, -0.15) is 0 Å². The molecule has 0 aliphatic carbocycles. The molecular formula is C26H23FO3. The molecule has 0 atom stereocenters. The van der Waals surface area contributed by atoms with E-state index in [1.165, 1.54) is 18.2 Å². The molecule has 4 heteroatoms. The van der Waals surface area contributed by atoms with Crippen LogP contribution >= 0.6 is 0 Å². The van der Waals surface area contributed by atoms with E-state index in [1.54, 1.807) is 54.6 Å². The zero-order chi connectivity index (χ0) is 21.7. The molecule has 0 spiro atoms. The largest absolute Gasteiger partial charge is 0.423 e. The minimum Gasteiger partial charge on any atom is -0.423 e. The second kappa shape index (κ2) is 8.87. The molecule has 0 aromatic heterocycles.